The lowest BCUT2D eigenvalue weighted by molar-refractivity contribution is -0.121. The van der Waals surface area contributed by atoms with E-state index in [2.05, 4.69) is 27.0 Å². The molecule has 1 atom stereocenters. The van der Waals surface area contributed by atoms with Crippen molar-refractivity contribution in [3.8, 4) is 6.07 Å². The van der Waals surface area contributed by atoms with Gasteiger partial charge in [-0.05, 0) is 42.3 Å². The lowest BCUT2D eigenvalue weighted by atomic mass is 10.1. The summed E-state index contributed by atoms with van der Waals surface area (Å²) in [6.07, 6.45) is 0.0953. The second-order valence-electron chi connectivity index (χ2n) is 6.21. The summed E-state index contributed by atoms with van der Waals surface area (Å²) in [5, 5.41) is 9.25. The van der Waals surface area contributed by atoms with Gasteiger partial charge in [0, 0.05) is 16.6 Å². The molecule has 0 bridgehead atoms. The summed E-state index contributed by atoms with van der Waals surface area (Å²) in [4.78, 5) is 30.9. The van der Waals surface area contributed by atoms with Gasteiger partial charge in [0.05, 0.1) is 16.5 Å². The molecule has 0 N–H and O–H groups in total. The topological polar surface area (TPSA) is 74.1 Å². The van der Waals surface area contributed by atoms with Crippen molar-refractivity contribution in [1.29, 1.82) is 5.26 Å². The van der Waals surface area contributed by atoms with Crippen LogP contribution < -0.4 is 4.90 Å². The maximum absolute atomic E-state index is 12.8. The van der Waals surface area contributed by atoms with E-state index in [1.54, 1.807) is 30.3 Å². The minimum Gasteiger partial charge on any atom is -0.274 e. The zero-order valence-electron chi connectivity index (χ0n) is 14.3. The highest BCUT2D eigenvalue weighted by atomic mass is 79.9. The Bertz CT molecular complexity index is 906. The molecule has 5 nitrogen and oxygen atoms in total. The number of pyridine rings is 1. The van der Waals surface area contributed by atoms with Crippen molar-refractivity contribution in [3.05, 3.63) is 52.1 Å². The fourth-order valence-electron chi connectivity index (χ4n) is 2.64. The van der Waals surface area contributed by atoms with E-state index in [4.69, 9.17) is 0 Å². The molecule has 2 heterocycles. The van der Waals surface area contributed by atoms with E-state index in [-0.39, 0.29) is 24.2 Å². The molecule has 1 fully saturated rings. The number of benzene rings is 1. The molecule has 0 radical (unpaired) electrons. The molecular formula is C19H16BrN3O2S. The average Bonchev–Trinajstić information content (AvgIpc) is 2.89. The van der Waals surface area contributed by atoms with Crippen LogP contribution >= 0.6 is 27.7 Å². The largest absolute Gasteiger partial charge is 0.274 e. The highest BCUT2D eigenvalue weighted by Gasteiger charge is 2.40. The normalized spacial score (nSPS) is 17.0. The van der Waals surface area contributed by atoms with Gasteiger partial charge >= 0.3 is 0 Å². The van der Waals surface area contributed by atoms with Crippen LogP contribution in [-0.2, 0) is 9.59 Å². The van der Waals surface area contributed by atoms with Crippen molar-refractivity contribution >= 4 is 45.2 Å². The van der Waals surface area contributed by atoms with Gasteiger partial charge in [-0.25, -0.2) is 9.88 Å². The molecule has 0 saturated carbocycles. The van der Waals surface area contributed by atoms with E-state index < -0.39 is 5.25 Å². The maximum Gasteiger partial charge on any atom is 0.247 e. The molecule has 1 aliphatic rings. The zero-order chi connectivity index (χ0) is 18.8. The first kappa shape index (κ1) is 18.6. The number of imide groups is 1. The van der Waals surface area contributed by atoms with Crippen LogP contribution in [0.1, 0.15) is 37.4 Å². The van der Waals surface area contributed by atoms with E-state index in [0.717, 1.165) is 10.2 Å². The third-order valence-electron chi connectivity index (χ3n) is 4.04. The Balaban J connectivity index is 1.87. The van der Waals surface area contributed by atoms with E-state index in [9.17, 15) is 14.9 Å². The summed E-state index contributed by atoms with van der Waals surface area (Å²) in [5.74, 6) is -0.307. The fourth-order valence-corrected chi connectivity index (χ4v) is 4.01. The molecule has 26 heavy (non-hydrogen) atoms. The van der Waals surface area contributed by atoms with Crippen LogP contribution in [0.3, 0.4) is 0 Å². The van der Waals surface area contributed by atoms with Gasteiger partial charge in [0.2, 0.25) is 11.8 Å². The molecule has 0 spiro atoms. The summed E-state index contributed by atoms with van der Waals surface area (Å²) in [5.41, 5.74) is 1.82. The van der Waals surface area contributed by atoms with E-state index in [1.807, 2.05) is 19.9 Å². The standard InChI is InChI=1S/C19H16BrN3O2S/c1-11(2)15-8-3-12(10-21)18(22-15)26-16-9-17(24)23(19(16)25)14-6-4-13(20)5-7-14/h3-8,11,16H,9H2,1-2H3. The molecule has 2 aromatic rings. The molecule has 3 rings (SSSR count). The van der Waals surface area contributed by atoms with Crippen LogP contribution in [0.2, 0.25) is 0 Å². The smallest absolute Gasteiger partial charge is 0.247 e. The van der Waals surface area contributed by atoms with Crippen molar-refractivity contribution in [2.24, 2.45) is 0 Å². The number of carbonyl (C=O) groups is 2. The number of hydrogen-bond donors (Lipinski definition) is 0. The Morgan fingerprint density at radius 3 is 2.54 bits per heavy atom. The van der Waals surface area contributed by atoms with Crippen LogP contribution in [0.25, 0.3) is 0 Å². The zero-order valence-corrected chi connectivity index (χ0v) is 16.7. The monoisotopic (exact) mass is 429 g/mol. The first-order chi connectivity index (χ1) is 12.4. The number of aromatic nitrogens is 1. The van der Waals surface area contributed by atoms with Gasteiger partial charge in [-0.3, -0.25) is 9.59 Å². The second kappa shape index (κ2) is 7.60. The first-order valence-corrected chi connectivity index (χ1v) is 9.78. The number of halogens is 1. The number of carbonyl (C=O) groups excluding carboxylic acids is 2. The minimum atomic E-state index is -0.576. The first-order valence-electron chi connectivity index (χ1n) is 8.10. The van der Waals surface area contributed by atoms with Crippen LogP contribution in [0.5, 0.6) is 0 Å². The van der Waals surface area contributed by atoms with Crippen molar-refractivity contribution in [3.63, 3.8) is 0 Å². The summed E-state index contributed by atoms with van der Waals surface area (Å²) in [6.45, 7) is 4.03. The molecule has 1 saturated heterocycles. The second-order valence-corrected chi connectivity index (χ2v) is 8.32. The van der Waals surface area contributed by atoms with Crippen molar-refractivity contribution < 1.29 is 9.59 Å². The summed E-state index contributed by atoms with van der Waals surface area (Å²) in [7, 11) is 0. The van der Waals surface area contributed by atoms with Gasteiger partial charge in [0.1, 0.15) is 11.1 Å². The van der Waals surface area contributed by atoms with Gasteiger partial charge < -0.3 is 0 Å². The number of rotatable bonds is 4. The van der Waals surface area contributed by atoms with Crippen LogP contribution in [0.4, 0.5) is 5.69 Å². The molecular weight excluding hydrogens is 414 g/mol. The van der Waals surface area contributed by atoms with Gasteiger partial charge in [-0.15, -0.1) is 0 Å². The predicted octanol–water partition coefficient (Wildman–Crippen LogP) is 4.26. The van der Waals surface area contributed by atoms with Crippen LogP contribution in [-0.4, -0.2) is 22.0 Å². The molecule has 2 amide bonds. The lowest BCUT2D eigenvalue weighted by Crippen LogP contribution is -2.31. The third-order valence-corrected chi connectivity index (χ3v) is 5.75. The lowest BCUT2D eigenvalue weighted by Gasteiger charge is -2.15. The summed E-state index contributed by atoms with van der Waals surface area (Å²) < 4.78 is 0.875. The molecule has 1 aliphatic heterocycles. The van der Waals surface area contributed by atoms with E-state index in [0.29, 0.717) is 16.3 Å². The number of thioether (sulfide) groups is 1. The average molecular weight is 430 g/mol. The summed E-state index contributed by atoms with van der Waals surface area (Å²) in [6, 6.07) is 12.7. The number of nitriles is 1. The summed E-state index contributed by atoms with van der Waals surface area (Å²) >= 11 is 4.54. The number of amides is 2. The van der Waals surface area contributed by atoms with E-state index >= 15 is 0 Å². The Morgan fingerprint density at radius 1 is 1.23 bits per heavy atom. The molecule has 1 aromatic carbocycles. The molecule has 1 unspecified atom stereocenters. The van der Waals surface area contributed by atoms with Crippen molar-refractivity contribution in [1.82, 2.24) is 4.98 Å². The predicted molar refractivity (Wildman–Crippen MR) is 104 cm³/mol. The van der Waals surface area contributed by atoms with Crippen LogP contribution in [0, 0.1) is 11.3 Å². The van der Waals surface area contributed by atoms with Gasteiger partial charge in [0.25, 0.3) is 0 Å². The minimum absolute atomic E-state index is 0.0953. The van der Waals surface area contributed by atoms with Gasteiger partial charge in [-0.2, -0.15) is 5.26 Å². The molecule has 7 heteroatoms. The highest BCUT2D eigenvalue weighted by molar-refractivity contribution is 9.10. The Morgan fingerprint density at radius 2 is 1.92 bits per heavy atom. The van der Waals surface area contributed by atoms with Gasteiger partial charge in [-0.1, -0.05) is 41.5 Å². The maximum atomic E-state index is 12.8. The van der Waals surface area contributed by atoms with E-state index in [1.165, 1.54) is 16.7 Å². The van der Waals surface area contributed by atoms with Gasteiger partial charge in [0.15, 0.2) is 0 Å². The van der Waals surface area contributed by atoms with Crippen molar-refractivity contribution in [2.75, 3.05) is 4.90 Å². The number of anilines is 1. The molecule has 132 valence electrons. The fraction of sp³-hybridized carbons (Fsp3) is 0.263. The Kier molecular flexibility index (Phi) is 5.44. The number of hydrogen-bond acceptors (Lipinski definition) is 5. The van der Waals surface area contributed by atoms with Crippen LogP contribution in [0.15, 0.2) is 45.9 Å². The SMILES string of the molecule is CC(C)c1ccc(C#N)c(SC2CC(=O)N(c3ccc(Br)cc3)C2=O)n1. The highest BCUT2D eigenvalue weighted by Crippen LogP contribution is 2.35. The molecule has 1 aromatic heterocycles. The quantitative estimate of drug-likeness (QED) is 0.678. The number of nitrogens with zero attached hydrogens (tertiary/aromatic N) is 3. The Hall–Kier alpha value is -2.17. The molecule has 0 aliphatic carbocycles. The third kappa shape index (κ3) is 3.67. The van der Waals surface area contributed by atoms with Crippen molar-refractivity contribution in [2.45, 2.75) is 36.5 Å². The Labute approximate surface area is 164 Å².